The second-order valence-electron chi connectivity index (χ2n) is 9.73. The minimum Gasteiger partial charge on any atom is -0.497 e. The smallest absolute Gasteiger partial charge is 0.241 e. The second-order valence-corrected chi connectivity index (χ2v) is 9.73. The van der Waals surface area contributed by atoms with Gasteiger partial charge in [0.1, 0.15) is 11.5 Å². The van der Waals surface area contributed by atoms with E-state index in [1.807, 2.05) is 48.2 Å². The standard InChI is InChI=1S/C28H33N3O5/c1-3-36-24-7-5-4-6-23(24)29-14-16-30(17-15-29)25(32)18-28(20-8-12-22(35-2)13-9-20)19-26(33)31(27(28)34)21-10-11-21/h4-9,12-13,21H,3,10-11,14-19H2,1-2H3/t28-/m1/s1. The molecule has 2 aromatic carbocycles. The highest BCUT2D eigenvalue weighted by molar-refractivity contribution is 6.11. The number of nitrogens with zero attached hydrogens (tertiary/aromatic N) is 3. The monoisotopic (exact) mass is 491 g/mol. The van der Waals surface area contributed by atoms with E-state index in [0.717, 1.165) is 24.3 Å². The van der Waals surface area contributed by atoms with Crippen molar-refractivity contribution in [2.45, 2.75) is 44.1 Å². The number of piperazine rings is 1. The molecule has 0 aromatic heterocycles. The van der Waals surface area contributed by atoms with Gasteiger partial charge in [-0.15, -0.1) is 0 Å². The fourth-order valence-electron chi connectivity index (χ4n) is 5.40. The van der Waals surface area contributed by atoms with Crippen LogP contribution in [-0.2, 0) is 19.8 Å². The molecular formula is C28H33N3O5. The summed E-state index contributed by atoms with van der Waals surface area (Å²) in [4.78, 5) is 45.7. The predicted octanol–water partition coefficient (Wildman–Crippen LogP) is 2.99. The molecule has 5 rings (SSSR count). The highest BCUT2D eigenvalue weighted by Crippen LogP contribution is 2.45. The van der Waals surface area contributed by atoms with E-state index in [0.29, 0.717) is 44.1 Å². The van der Waals surface area contributed by atoms with E-state index < -0.39 is 5.41 Å². The van der Waals surface area contributed by atoms with E-state index in [1.54, 1.807) is 19.2 Å². The number of methoxy groups -OCH3 is 1. The minimum atomic E-state index is -1.16. The number of likely N-dealkylation sites (tertiary alicyclic amines) is 1. The van der Waals surface area contributed by atoms with Crippen molar-refractivity contribution >= 4 is 23.4 Å². The maximum absolute atomic E-state index is 13.7. The van der Waals surface area contributed by atoms with Gasteiger partial charge in [-0.05, 0) is 49.6 Å². The van der Waals surface area contributed by atoms with Crippen molar-refractivity contribution in [3.63, 3.8) is 0 Å². The number of hydrogen-bond donors (Lipinski definition) is 0. The third-order valence-electron chi connectivity index (χ3n) is 7.50. The number of ether oxygens (including phenoxy) is 2. The van der Waals surface area contributed by atoms with Crippen molar-refractivity contribution in [2.24, 2.45) is 0 Å². The molecule has 8 heteroatoms. The maximum atomic E-state index is 13.7. The van der Waals surface area contributed by atoms with Crippen LogP contribution in [0.5, 0.6) is 11.5 Å². The molecule has 3 fully saturated rings. The van der Waals surface area contributed by atoms with Crippen molar-refractivity contribution in [1.82, 2.24) is 9.80 Å². The lowest BCUT2D eigenvalue weighted by molar-refractivity contribution is -0.143. The van der Waals surface area contributed by atoms with E-state index in [1.165, 1.54) is 4.90 Å². The molecule has 190 valence electrons. The van der Waals surface area contributed by atoms with Crippen LogP contribution in [0.1, 0.15) is 38.2 Å². The van der Waals surface area contributed by atoms with Crippen molar-refractivity contribution < 1.29 is 23.9 Å². The van der Waals surface area contributed by atoms with Gasteiger partial charge in [-0.2, -0.15) is 0 Å². The Labute approximate surface area is 211 Å². The number of amides is 3. The van der Waals surface area contributed by atoms with Crippen molar-refractivity contribution in [3.05, 3.63) is 54.1 Å². The first kappa shape index (κ1) is 24.2. The molecule has 2 saturated heterocycles. The summed E-state index contributed by atoms with van der Waals surface area (Å²) in [5.74, 6) is 0.997. The molecule has 0 radical (unpaired) electrons. The third kappa shape index (κ3) is 4.40. The molecule has 1 aliphatic carbocycles. The van der Waals surface area contributed by atoms with Gasteiger partial charge in [0.15, 0.2) is 0 Å². The number of hydrogen-bond acceptors (Lipinski definition) is 6. The van der Waals surface area contributed by atoms with E-state index in [-0.39, 0.29) is 36.6 Å². The molecule has 8 nitrogen and oxygen atoms in total. The molecule has 36 heavy (non-hydrogen) atoms. The Morgan fingerprint density at radius 2 is 1.69 bits per heavy atom. The first-order valence-corrected chi connectivity index (χ1v) is 12.7. The summed E-state index contributed by atoms with van der Waals surface area (Å²) in [5.41, 5.74) is 0.557. The van der Waals surface area contributed by atoms with Gasteiger partial charge in [0, 0.05) is 45.1 Å². The van der Waals surface area contributed by atoms with Gasteiger partial charge >= 0.3 is 0 Å². The van der Waals surface area contributed by atoms with E-state index >= 15 is 0 Å². The summed E-state index contributed by atoms with van der Waals surface area (Å²) in [6.45, 7) is 5.00. The van der Waals surface area contributed by atoms with Crippen LogP contribution < -0.4 is 14.4 Å². The maximum Gasteiger partial charge on any atom is 0.241 e. The number of para-hydroxylation sites is 2. The fraction of sp³-hybridized carbons (Fsp3) is 0.464. The van der Waals surface area contributed by atoms with E-state index in [4.69, 9.17) is 9.47 Å². The molecule has 0 unspecified atom stereocenters. The highest BCUT2D eigenvalue weighted by Gasteiger charge is 2.57. The Hall–Kier alpha value is -3.55. The summed E-state index contributed by atoms with van der Waals surface area (Å²) >= 11 is 0. The number of carbonyl (C=O) groups excluding carboxylic acids is 3. The average Bonchev–Trinajstić information content (AvgIpc) is 3.70. The average molecular weight is 492 g/mol. The van der Waals surface area contributed by atoms with Gasteiger partial charge in [-0.3, -0.25) is 19.3 Å². The van der Waals surface area contributed by atoms with Gasteiger partial charge in [0.05, 0.1) is 24.8 Å². The summed E-state index contributed by atoms with van der Waals surface area (Å²) in [5, 5.41) is 0. The predicted molar refractivity (Wildman–Crippen MR) is 135 cm³/mol. The Balaban J connectivity index is 1.34. The first-order valence-electron chi connectivity index (χ1n) is 12.7. The third-order valence-corrected chi connectivity index (χ3v) is 7.50. The highest BCUT2D eigenvalue weighted by atomic mass is 16.5. The molecule has 0 N–H and O–H groups in total. The fourth-order valence-corrected chi connectivity index (χ4v) is 5.40. The Bertz CT molecular complexity index is 1140. The number of benzene rings is 2. The Morgan fingerprint density at radius 1 is 1.00 bits per heavy atom. The summed E-state index contributed by atoms with van der Waals surface area (Å²) < 4.78 is 11.1. The van der Waals surface area contributed by atoms with Crippen LogP contribution >= 0.6 is 0 Å². The second kappa shape index (κ2) is 9.84. The van der Waals surface area contributed by atoms with Crippen molar-refractivity contribution in [3.8, 4) is 11.5 Å². The zero-order valence-corrected chi connectivity index (χ0v) is 20.9. The Morgan fingerprint density at radius 3 is 2.33 bits per heavy atom. The zero-order valence-electron chi connectivity index (χ0n) is 20.9. The van der Waals surface area contributed by atoms with Crippen LogP contribution in [0.3, 0.4) is 0 Å². The van der Waals surface area contributed by atoms with Gasteiger partial charge in [-0.1, -0.05) is 24.3 Å². The first-order chi connectivity index (χ1) is 17.5. The summed E-state index contributed by atoms with van der Waals surface area (Å²) in [6.07, 6.45) is 1.70. The Kier molecular flexibility index (Phi) is 6.60. The normalized spacial score (nSPS) is 22.2. The number of anilines is 1. The van der Waals surface area contributed by atoms with Crippen LogP contribution in [0.2, 0.25) is 0 Å². The van der Waals surface area contributed by atoms with Crippen molar-refractivity contribution in [2.75, 3.05) is 44.8 Å². The molecule has 3 amide bonds. The lowest BCUT2D eigenvalue weighted by Crippen LogP contribution is -2.51. The summed E-state index contributed by atoms with van der Waals surface area (Å²) in [6, 6.07) is 15.1. The SMILES string of the molecule is CCOc1ccccc1N1CCN(C(=O)C[C@]2(c3ccc(OC)cc3)CC(=O)N(C3CC3)C2=O)CC1. The molecular weight excluding hydrogens is 458 g/mol. The number of carbonyl (C=O) groups is 3. The van der Waals surface area contributed by atoms with Crippen LogP contribution in [0.25, 0.3) is 0 Å². The molecule has 2 aromatic rings. The molecule has 1 atom stereocenters. The quantitative estimate of drug-likeness (QED) is 0.529. The van der Waals surface area contributed by atoms with E-state index in [9.17, 15) is 14.4 Å². The van der Waals surface area contributed by atoms with E-state index in [2.05, 4.69) is 4.90 Å². The van der Waals surface area contributed by atoms with Crippen LogP contribution in [0, 0.1) is 0 Å². The van der Waals surface area contributed by atoms with Gasteiger partial charge in [0.25, 0.3) is 0 Å². The molecule has 2 heterocycles. The van der Waals surface area contributed by atoms with Crippen LogP contribution in [0.4, 0.5) is 5.69 Å². The lowest BCUT2D eigenvalue weighted by atomic mass is 9.75. The molecule has 1 saturated carbocycles. The van der Waals surface area contributed by atoms with Gasteiger partial charge in [0.2, 0.25) is 17.7 Å². The van der Waals surface area contributed by atoms with Crippen LogP contribution in [-0.4, -0.2) is 73.5 Å². The molecule has 2 aliphatic heterocycles. The number of rotatable bonds is 8. The largest absolute Gasteiger partial charge is 0.497 e. The molecule has 3 aliphatic rings. The summed E-state index contributed by atoms with van der Waals surface area (Å²) in [7, 11) is 1.58. The van der Waals surface area contributed by atoms with Gasteiger partial charge in [-0.25, -0.2) is 0 Å². The number of imide groups is 1. The molecule has 0 spiro atoms. The molecule has 0 bridgehead atoms. The van der Waals surface area contributed by atoms with Crippen LogP contribution in [0.15, 0.2) is 48.5 Å². The lowest BCUT2D eigenvalue weighted by Gasteiger charge is -2.38. The minimum absolute atomic E-state index is 0.0113. The topological polar surface area (TPSA) is 79.4 Å². The van der Waals surface area contributed by atoms with Crippen molar-refractivity contribution in [1.29, 1.82) is 0 Å². The van der Waals surface area contributed by atoms with Gasteiger partial charge < -0.3 is 19.3 Å². The zero-order chi connectivity index (χ0) is 25.3.